The first kappa shape index (κ1) is 20.9. The van der Waals surface area contributed by atoms with Crippen molar-refractivity contribution >= 4 is 40.2 Å². The van der Waals surface area contributed by atoms with Gasteiger partial charge in [0.15, 0.2) is 0 Å². The van der Waals surface area contributed by atoms with Crippen molar-refractivity contribution in [3.8, 4) is 0 Å². The van der Waals surface area contributed by atoms with Crippen LogP contribution in [0.5, 0.6) is 0 Å². The fraction of sp³-hybridized carbons (Fsp3) is 0.529. The summed E-state index contributed by atoms with van der Waals surface area (Å²) in [5, 5.41) is 2.81. The van der Waals surface area contributed by atoms with E-state index >= 15 is 0 Å². The molecule has 0 aliphatic heterocycles. The number of nitrogens with two attached hydrogens (primary N) is 1. The summed E-state index contributed by atoms with van der Waals surface area (Å²) >= 11 is 3.48. The minimum Gasteiger partial charge on any atom is -0.354 e. The third-order valence-electron chi connectivity index (χ3n) is 4.36. The fourth-order valence-corrected chi connectivity index (χ4v) is 3.26. The number of carbonyl (C=O) groups excluding carboxylic acids is 2. The third kappa shape index (κ3) is 5.46. The van der Waals surface area contributed by atoms with E-state index in [0.717, 1.165) is 35.7 Å². The van der Waals surface area contributed by atoms with E-state index in [1.165, 1.54) is 0 Å². The van der Waals surface area contributed by atoms with Gasteiger partial charge in [0.05, 0.1) is 5.54 Å². The maximum absolute atomic E-state index is 12.2. The summed E-state index contributed by atoms with van der Waals surface area (Å²) in [6, 6.07) is 7.82. The SMILES string of the molecule is CN(Cc1ccccc1Br)C(=O)CCNC(=O)C1(N)CCCC1.Cl. The molecule has 2 amide bonds. The van der Waals surface area contributed by atoms with Crippen LogP contribution in [-0.4, -0.2) is 35.8 Å². The fourth-order valence-electron chi connectivity index (χ4n) is 2.85. The van der Waals surface area contributed by atoms with Crippen LogP contribution in [0, 0.1) is 0 Å². The molecule has 0 spiro atoms. The monoisotopic (exact) mass is 417 g/mol. The van der Waals surface area contributed by atoms with Crippen LogP contribution in [0.15, 0.2) is 28.7 Å². The third-order valence-corrected chi connectivity index (χ3v) is 5.14. The lowest BCUT2D eigenvalue weighted by Gasteiger charge is -2.23. The lowest BCUT2D eigenvalue weighted by Crippen LogP contribution is -2.52. The van der Waals surface area contributed by atoms with Gasteiger partial charge in [0, 0.05) is 31.0 Å². The minimum absolute atomic E-state index is 0. The number of nitrogens with zero attached hydrogens (tertiary/aromatic N) is 1. The highest BCUT2D eigenvalue weighted by molar-refractivity contribution is 9.10. The highest BCUT2D eigenvalue weighted by Crippen LogP contribution is 2.27. The molecule has 0 unspecified atom stereocenters. The number of nitrogens with one attached hydrogen (secondary N) is 1. The lowest BCUT2D eigenvalue weighted by molar-refractivity contribution is -0.130. The molecule has 1 aliphatic rings. The molecule has 0 atom stereocenters. The summed E-state index contributed by atoms with van der Waals surface area (Å²) in [7, 11) is 1.77. The van der Waals surface area contributed by atoms with Crippen molar-refractivity contribution in [2.75, 3.05) is 13.6 Å². The first-order valence-electron chi connectivity index (χ1n) is 7.97. The number of benzene rings is 1. The average Bonchev–Trinajstić information content (AvgIpc) is 2.97. The molecule has 0 aromatic heterocycles. The van der Waals surface area contributed by atoms with E-state index in [0.29, 0.717) is 13.1 Å². The van der Waals surface area contributed by atoms with E-state index in [2.05, 4.69) is 21.2 Å². The van der Waals surface area contributed by atoms with Gasteiger partial charge < -0.3 is 16.0 Å². The highest BCUT2D eigenvalue weighted by atomic mass is 79.9. The van der Waals surface area contributed by atoms with Crippen molar-refractivity contribution < 1.29 is 9.59 Å². The van der Waals surface area contributed by atoms with E-state index < -0.39 is 5.54 Å². The van der Waals surface area contributed by atoms with Crippen LogP contribution in [0.4, 0.5) is 0 Å². The molecule has 1 fully saturated rings. The number of amides is 2. The summed E-state index contributed by atoms with van der Waals surface area (Å²) in [5.41, 5.74) is 6.41. The molecule has 0 bridgehead atoms. The van der Waals surface area contributed by atoms with E-state index in [4.69, 9.17) is 5.73 Å². The van der Waals surface area contributed by atoms with Crippen LogP contribution in [-0.2, 0) is 16.1 Å². The number of hydrogen-bond acceptors (Lipinski definition) is 3. The van der Waals surface area contributed by atoms with Gasteiger partial charge in [-0.3, -0.25) is 9.59 Å². The summed E-state index contributed by atoms with van der Waals surface area (Å²) < 4.78 is 0.985. The molecule has 24 heavy (non-hydrogen) atoms. The Morgan fingerprint density at radius 2 is 1.92 bits per heavy atom. The second-order valence-corrected chi connectivity index (χ2v) is 7.06. The predicted octanol–water partition coefficient (Wildman–Crippen LogP) is 2.61. The van der Waals surface area contributed by atoms with Gasteiger partial charge in [-0.1, -0.05) is 47.0 Å². The summed E-state index contributed by atoms with van der Waals surface area (Å²) in [4.78, 5) is 25.9. The van der Waals surface area contributed by atoms with E-state index in [1.54, 1.807) is 11.9 Å². The Bertz CT molecular complexity index is 577. The smallest absolute Gasteiger partial charge is 0.240 e. The molecule has 0 radical (unpaired) electrons. The average molecular weight is 419 g/mol. The van der Waals surface area contributed by atoms with Crippen molar-refractivity contribution in [3.05, 3.63) is 34.3 Å². The van der Waals surface area contributed by atoms with Gasteiger partial charge in [0.2, 0.25) is 11.8 Å². The van der Waals surface area contributed by atoms with Crippen LogP contribution in [0.2, 0.25) is 0 Å². The van der Waals surface area contributed by atoms with Gasteiger partial charge in [-0.15, -0.1) is 12.4 Å². The van der Waals surface area contributed by atoms with Crippen LogP contribution in [0.25, 0.3) is 0 Å². The number of hydrogen-bond donors (Lipinski definition) is 2. The Labute approximate surface area is 157 Å². The van der Waals surface area contributed by atoms with Crippen LogP contribution in [0.3, 0.4) is 0 Å². The van der Waals surface area contributed by atoms with Gasteiger partial charge in [-0.2, -0.15) is 0 Å². The van der Waals surface area contributed by atoms with Crippen molar-refractivity contribution in [2.24, 2.45) is 5.73 Å². The van der Waals surface area contributed by atoms with Gasteiger partial charge >= 0.3 is 0 Å². The predicted molar refractivity (Wildman–Crippen MR) is 101 cm³/mol. The molecular formula is C17H25BrClN3O2. The van der Waals surface area contributed by atoms with E-state index in [-0.39, 0.29) is 30.6 Å². The van der Waals surface area contributed by atoms with Gasteiger partial charge in [0.25, 0.3) is 0 Å². The van der Waals surface area contributed by atoms with Gasteiger partial charge in [-0.25, -0.2) is 0 Å². The molecule has 7 heteroatoms. The highest BCUT2D eigenvalue weighted by Gasteiger charge is 2.36. The second-order valence-electron chi connectivity index (χ2n) is 6.21. The molecule has 1 aromatic rings. The largest absolute Gasteiger partial charge is 0.354 e. The van der Waals surface area contributed by atoms with Crippen LogP contribution in [0.1, 0.15) is 37.7 Å². The molecule has 3 N–H and O–H groups in total. The zero-order chi connectivity index (χ0) is 16.9. The first-order valence-corrected chi connectivity index (χ1v) is 8.76. The summed E-state index contributed by atoms with van der Waals surface area (Å²) in [6.07, 6.45) is 3.74. The van der Waals surface area contributed by atoms with E-state index in [9.17, 15) is 9.59 Å². The molecule has 0 saturated heterocycles. The Kier molecular flexibility index (Phi) is 8.19. The molecule has 134 valence electrons. The Balaban J connectivity index is 0.00000288. The summed E-state index contributed by atoms with van der Waals surface area (Å²) in [5.74, 6) is -0.130. The van der Waals surface area contributed by atoms with Crippen LogP contribution < -0.4 is 11.1 Å². The van der Waals surface area contributed by atoms with Crippen molar-refractivity contribution in [1.82, 2.24) is 10.2 Å². The number of halogens is 2. The topological polar surface area (TPSA) is 75.4 Å². The zero-order valence-electron chi connectivity index (χ0n) is 13.9. The van der Waals surface area contributed by atoms with Gasteiger partial charge in [0.1, 0.15) is 0 Å². The second kappa shape index (κ2) is 9.39. The van der Waals surface area contributed by atoms with Gasteiger partial charge in [-0.05, 0) is 24.5 Å². The Hall–Kier alpha value is -1.11. The maximum Gasteiger partial charge on any atom is 0.240 e. The molecule has 2 rings (SSSR count). The van der Waals surface area contributed by atoms with Crippen LogP contribution >= 0.6 is 28.3 Å². The molecular weight excluding hydrogens is 394 g/mol. The zero-order valence-corrected chi connectivity index (χ0v) is 16.3. The molecule has 0 heterocycles. The lowest BCUT2D eigenvalue weighted by atomic mass is 9.98. The molecule has 5 nitrogen and oxygen atoms in total. The molecule has 1 aromatic carbocycles. The normalized spacial score (nSPS) is 15.5. The molecule has 1 aliphatic carbocycles. The standard InChI is InChI=1S/C17H24BrN3O2.ClH/c1-21(12-13-6-2-3-7-14(13)18)15(22)8-11-20-16(23)17(19)9-4-5-10-17;/h2-3,6-7H,4-5,8-12,19H2,1H3,(H,20,23);1H. The van der Waals surface area contributed by atoms with Crippen molar-refractivity contribution in [1.29, 1.82) is 0 Å². The van der Waals surface area contributed by atoms with Crippen molar-refractivity contribution in [3.63, 3.8) is 0 Å². The Morgan fingerprint density at radius 3 is 2.54 bits per heavy atom. The Morgan fingerprint density at radius 1 is 1.29 bits per heavy atom. The quantitative estimate of drug-likeness (QED) is 0.745. The van der Waals surface area contributed by atoms with Crippen molar-refractivity contribution in [2.45, 2.75) is 44.2 Å². The maximum atomic E-state index is 12.2. The number of carbonyl (C=O) groups is 2. The number of rotatable bonds is 6. The summed E-state index contributed by atoms with van der Waals surface area (Å²) in [6.45, 7) is 0.867. The minimum atomic E-state index is -0.732. The first-order chi connectivity index (χ1) is 10.9. The van der Waals surface area contributed by atoms with E-state index in [1.807, 2.05) is 24.3 Å². The molecule has 1 saturated carbocycles.